The van der Waals surface area contributed by atoms with Gasteiger partial charge in [0.1, 0.15) is 11.6 Å². The molecule has 18 heteroatoms. The molecule has 384 valence electrons. The number of carbonyl (C=O) groups excluding carboxylic acids is 3. The first-order valence-corrected chi connectivity index (χ1v) is 21.6. The number of hydrogen-bond acceptors (Lipinski definition) is 8. The van der Waals surface area contributed by atoms with Crippen molar-refractivity contribution in [3.05, 3.63) is 70.8 Å². The lowest BCUT2D eigenvalue weighted by molar-refractivity contribution is -0.358. The summed E-state index contributed by atoms with van der Waals surface area (Å²) in [5.74, 6) is -5.91. The summed E-state index contributed by atoms with van der Waals surface area (Å²) in [6.45, 7) is 38.2. The van der Waals surface area contributed by atoms with E-state index in [4.69, 9.17) is 4.74 Å². The number of halogens is 6. The number of amides is 3. The molecule has 67 heavy (non-hydrogen) atoms. The van der Waals surface area contributed by atoms with Crippen molar-refractivity contribution >= 4 is 23.9 Å². The highest BCUT2D eigenvalue weighted by atomic mass is 19.4. The molecule has 0 saturated heterocycles. The number of aliphatic carboxylic acids is 1. The molecule has 1 unspecified atom stereocenters. The molecular weight excluding hydrogens is 889 g/mol. The number of aliphatic hydroxyl groups excluding tert-OH is 1. The summed E-state index contributed by atoms with van der Waals surface area (Å²) >= 11 is 0. The average molecular weight is 966 g/mol. The van der Waals surface area contributed by atoms with Crippen LogP contribution in [0.5, 0.6) is 0 Å². The summed E-state index contributed by atoms with van der Waals surface area (Å²) < 4.78 is 81.7. The zero-order chi connectivity index (χ0) is 53.9. The number of carboxylic acid groups (broad SMARTS) is 1. The summed E-state index contributed by atoms with van der Waals surface area (Å²) in [6, 6.07) is 8.43. The Hall–Kier alpha value is -4.42. The number of carbonyl (C=O) groups is 4. The molecular formula is C49H77F6N3O9. The summed E-state index contributed by atoms with van der Waals surface area (Å²) in [5, 5.41) is 37.7. The number of rotatable bonds is 6. The predicted octanol–water partition coefficient (Wildman–Crippen LogP) is 11.3. The van der Waals surface area contributed by atoms with E-state index >= 15 is 0 Å². The molecule has 0 heterocycles. The smallest absolute Gasteiger partial charge is 0.447 e. The molecule has 0 aromatic heterocycles. The van der Waals surface area contributed by atoms with Crippen LogP contribution in [0.1, 0.15) is 183 Å². The van der Waals surface area contributed by atoms with E-state index in [-0.39, 0.29) is 22.6 Å². The van der Waals surface area contributed by atoms with E-state index in [1.807, 2.05) is 83.1 Å². The number of hydrogen-bond donors (Lipinski definition) is 4. The normalized spacial score (nSPS) is 14.3. The minimum atomic E-state index is -5.28. The van der Waals surface area contributed by atoms with Crippen LogP contribution in [0.4, 0.5) is 31.1 Å². The first kappa shape index (κ1) is 62.6. The summed E-state index contributed by atoms with van der Waals surface area (Å²) in [5.41, 5.74) is -5.16. The Morgan fingerprint density at radius 2 is 0.910 bits per heavy atom. The van der Waals surface area contributed by atoms with Gasteiger partial charge in [-0.1, -0.05) is 45.0 Å². The number of aliphatic hydroxyl groups is 3. The first-order chi connectivity index (χ1) is 29.2. The number of nitrogens with zero attached hydrogens (tertiary/aromatic N) is 3. The van der Waals surface area contributed by atoms with Crippen LogP contribution in [-0.2, 0) is 15.3 Å². The monoisotopic (exact) mass is 966 g/mol. The van der Waals surface area contributed by atoms with E-state index in [9.17, 15) is 65.9 Å². The van der Waals surface area contributed by atoms with Gasteiger partial charge in [-0.3, -0.25) is 14.5 Å². The van der Waals surface area contributed by atoms with Gasteiger partial charge in [0.05, 0.1) is 0 Å². The molecule has 0 aliphatic carbocycles. The van der Waals surface area contributed by atoms with E-state index in [0.717, 1.165) is 24.3 Å². The van der Waals surface area contributed by atoms with Gasteiger partial charge >= 0.3 is 24.4 Å². The van der Waals surface area contributed by atoms with Crippen LogP contribution in [0.2, 0.25) is 0 Å². The van der Waals surface area contributed by atoms with Crippen LogP contribution >= 0.6 is 0 Å². The van der Waals surface area contributed by atoms with Crippen molar-refractivity contribution in [2.24, 2.45) is 5.41 Å². The molecule has 0 fully saturated rings. The van der Waals surface area contributed by atoms with Gasteiger partial charge in [-0.15, -0.1) is 0 Å². The van der Waals surface area contributed by atoms with Crippen LogP contribution in [-0.4, -0.2) is 111 Å². The second-order valence-electron chi connectivity index (χ2n) is 23.4. The number of alkyl halides is 6. The molecule has 3 amide bonds. The Kier molecular flexibility index (Phi) is 19.7. The van der Waals surface area contributed by atoms with Gasteiger partial charge in [0, 0.05) is 44.4 Å². The van der Waals surface area contributed by atoms with Crippen molar-refractivity contribution in [1.29, 1.82) is 0 Å². The molecule has 2 aromatic rings. The third-order valence-corrected chi connectivity index (χ3v) is 9.38. The largest absolute Gasteiger partial charge is 0.480 e. The highest BCUT2D eigenvalue weighted by molar-refractivity contribution is 5.96. The Balaban J connectivity index is 0.000000980. The number of carboxylic acids is 1. The molecule has 0 radical (unpaired) electrons. The van der Waals surface area contributed by atoms with Gasteiger partial charge in [0.15, 0.2) is 6.10 Å². The lowest BCUT2D eigenvalue weighted by atomic mass is 9.83. The van der Waals surface area contributed by atoms with Crippen LogP contribution in [0, 0.1) is 5.41 Å². The minimum absolute atomic E-state index is 0.0472. The van der Waals surface area contributed by atoms with E-state index in [1.54, 1.807) is 72.1 Å². The predicted molar refractivity (Wildman–Crippen MR) is 246 cm³/mol. The van der Waals surface area contributed by atoms with Crippen molar-refractivity contribution < 1.29 is 70.7 Å². The maximum absolute atomic E-state index is 12.8. The zero-order valence-electron chi connectivity index (χ0n) is 43.2. The van der Waals surface area contributed by atoms with Crippen molar-refractivity contribution in [3.63, 3.8) is 0 Å². The second kappa shape index (κ2) is 21.1. The molecule has 2 aromatic carbocycles. The topological polar surface area (TPSA) is 168 Å². The molecule has 0 bridgehead atoms. The average Bonchev–Trinajstić information content (AvgIpc) is 3.05. The van der Waals surface area contributed by atoms with E-state index in [1.165, 1.54) is 29.2 Å². The fourth-order valence-electron chi connectivity index (χ4n) is 7.50. The minimum Gasteiger partial charge on any atom is -0.480 e. The van der Waals surface area contributed by atoms with Gasteiger partial charge in [0.2, 0.25) is 0 Å². The Bertz CT molecular complexity index is 1970. The van der Waals surface area contributed by atoms with Gasteiger partial charge in [-0.05, 0) is 160 Å². The molecule has 0 aliphatic rings. The van der Waals surface area contributed by atoms with Crippen molar-refractivity contribution in [2.45, 2.75) is 209 Å². The van der Waals surface area contributed by atoms with Gasteiger partial charge < -0.3 is 35.0 Å². The molecule has 2 atom stereocenters. The van der Waals surface area contributed by atoms with Crippen molar-refractivity contribution in [2.75, 3.05) is 0 Å². The van der Waals surface area contributed by atoms with Crippen molar-refractivity contribution in [3.8, 4) is 0 Å². The third kappa shape index (κ3) is 18.2. The maximum Gasteiger partial charge on any atom is 0.447 e. The fourth-order valence-corrected chi connectivity index (χ4v) is 7.50. The van der Waals surface area contributed by atoms with E-state index in [2.05, 4.69) is 0 Å². The van der Waals surface area contributed by atoms with Crippen LogP contribution < -0.4 is 0 Å². The Morgan fingerprint density at radius 1 is 0.552 bits per heavy atom. The summed E-state index contributed by atoms with van der Waals surface area (Å²) in [4.78, 5) is 54.3. The van der Waals surface area contributed by atoms with Crippen molar-refractivity contribution in [1.82, 2.24) is 14.7 Å². The van der Waals surface area contributed by atoms with Crippen LogP contribution in [0.25, 0.3) is 0 Å². The highest BCUT2D eigenvalue weighted by Gasteiger charge is 2.54. The molecule has 0 saturated carbocycles. The Morgan fingerprint density at radius 3 is 1.19 bits per heavy atom. The van der Waals surface area contributed by atoms with E-state index in [0.29, 0.717) is 0 Å². The zero-order valence-corrected chi connectivity index (χ0v) is 43.2. The standard InChI is InChI=1S/C17H24F3NO3.C17H24F3NO2.C15H29NO4/c1-14(2,3)21(15(4,5)6)13(22)11-8-7-9-12(10-11)16(23,24)17(18,19)20;1-15(2,3)21(16(4,5)6)14(23)12-9-7-8-11(10-12)13(22)17(18,19)20;1-13(2,3)10(11(17)18)16(14(4,5)6)12(19)20-15(7,8)9/h7-10,23-24H,1-6H3;7-10,13,22H,1-6H3;10H,1-9H3,(H,17,18)/t;;10-/m..0/s1. The Labute approximate surface area is 393 Å². The lowest BCUT2D eigenvalue weighted by Gasteiger charge is -2.45. The molecule has 12 nitrogen and oxygen atoms in total. The molecule has 4 N–H and O–H groups in total. The second-order valence-corrected chi connectivity index (χ2v) is 23.4. The molecule has 0 aliphatic heterocycles. The van der Waals surface area contributed by atoms with E-state index < -0.39 is 92.5 Å². The third-order valence-electron chi connectivity index (χ3n) is 9.38. The lowest BCUT2D eigenvalue weighted by Crippen LogP contribution is -2.60. The quantitative estimate of drug-likeness (QED) is 0.163. The molecule has 0 spiro atoms. The van der Waals surface area contributed by atoms with Crippen LogP contribution in [0.15, 0.2) is 48.5 Å². The van der Waals surface area contributed by atoms with Gasteiger partial charge in [-0.25, -0.2) is 9.59 Å². The molecule has 2 rings (SSSR count). The first-order valence-electron chi connectivity index (χ1n) is 21.6. The highest BCUT2D eigenvalue weighted by Crippen LogP contribution is 2.38. The summed E-state index contributed by atoms with van der Waals surface area (Å²) in [7, 11) is 0. The number of ether oxygens (including phenoxy) is 1. The van der Waals surface area contributed by atoms with Gasteiger partial charge in [0.25, 0.3) is 17.6 Å². The SMILES string of the molecule is CC(C)(C)N(C(=O)c1cccc(C(O)(O)C(F)(F)F)c1)C(C)(C)C.CC(C)(C)N(C(=O)c1cccc(C(O)C(F)(F)F)c1)C(C)(C)C.CC(C)(C)OC(=O)N([C@@H](C(=O)O)C(C)(C)C)C(C)(C)C. The fraction of sp³-hybridized carbons (Fsp3) is 0.673. The summed E-state index contributed by atoms with van der Waals surface area (Å²) in [6.07, 6.45) is -13.3. The van der Waals surface area contributed by atoms with Crippen LogP contribution in [0.3, 0.4) is 0 Å². The maximum atomic E-state index is 12.8. The number of benzene rings is 2. The van der Waals surface area contributed by atoms with Gasteiger partial charge in [-0.2, -0.15) is 26.3 Å².